The molecule has 7 nitrogen and oxygen atoms in total. The first kappa shape index (κ1) is 24.6. The quantitative estimate of drug-likeness (QED) is 0.479. The number of rotatable bonds is 5. The van der Waals surface area contributed by atoms with Gasteiger partial charge in [0.1, 0.15) is 16.9 Å². The SMILES string of the molecule is CC(C)(C)OC(=O)CC(Cc1cccc2c1OC(C)(C)OC2=O)B1OC(C)(C)C(C)(C)O1. The molecule has 1 unspecified atom stereocenters. The molecule has 2 heterocycles. The third-order valence-electron chi connectivity index (χ3n) is 5.99. The summed E-state index contributed by atoms with van der Waals surface area (Å²) in [5.41, 5.74) is -0.521. The number of para-hydroxylation sites is 1. The highest BCUT2D eigenvalue weighted by Crippen LogP contribution is 2.43. The molecule has 2 aliphatic rings. The van der Waals surface area contributed by atoms with E-state index in [-0.39, 0.29) is 18.2 Å². The minimum Gasteiger partial charge on any atom is -0.460 e. The highest BCUT2D eigenvalue weighted by atomic mass is 16.7. The Morgan fingerprint density at radius 2 is 1.62 bits per heavy atom. The van der Waals surface area contributed by atoms with E-state index in [1.165, 1.54) is 0 Å². The molecule has 0 bridgehead atoms. The third kappa shape index (κ3) is 5.29. The van der Waals surface area contributed by atoms with Gasteiger partial charge in [-0.15, -0.1) is 0 Å². The van der Waals surface area contributed by atoms with Gasteiger partial charge in [0.2, 0.25) is 5.79 Å². The molecule has 1 aromatic rings. The highest BCUT2D eigenvalue weighted by molar-refractivity contribution is 6.48. The minimum absolute atomic E-state index is 0.103. The number of carbonyl (C=O) groups excluding carboxylic acids is 2. The van der Waals surface area contributed by atoms with Crippen LogP contribution in [0.2, 0.25) is 5.82 Å². The zero-order valence-electron chi connectivity index (χ0n) is 20.7. The largest absolute Gasteiger partial charge is 0.462 e. The maximum atomic E-state index is 12.7. The molecule has 1 atom stereocenters. The number of cyclic esters (lactones) is 1. The van der Waals surface area contributed by atoms with E-state index in [1.54, 1.807) is 26.0 Å². The number of benzene rings is 1. The predicted molar refractivity (Wildman–Crippen MR) is 121 cm³/mol. The Balaban J connectivity index is 1.93. The summed E-state index contributed by atoms with van der Waals surface area (Å²) in [6.07, 6.45) is 0.508. The van der Waals surface area contributed by atoms with Crippen molar-refractivity contribution < 1.29 is 33.1 Å². The Morgan fingerprint density at radius 1 is 1.03 bits per heavy atom. The van der Waals surface area contributed by atoms with Crippen LogP contribution in [0.25, 0.3) is 0 Å². The van der Waals surface area contributed by atoms with Crippen molar-refractivity contribution in [2.24, 2.45) is 0 Å². The molecule has 0 aromatic heterocycles. The first-order chi connectivity index (χ1) is 14.5. The molecule has 0 saturated carbocycles. The maximum absolute atomic E-state index is 12.7. The smallest absolute Gasteiger partial charge is 0.460 e. The van der Waals surface area contributed by atoms with Gasteiger partial charge in [0.15, 0.2) is 0 Å². The number of fused-ring (bicyclic) bond motifs is 1. The molecule has 0 radical (unpaired) electrons. The zero-order chi connectivity index (χ0) is 24.1. The zero-order valence-corrected chi connectivity index (χ0v) is 20.7. The van der Waals surface area contributed by atoms with E-state index in [2.05, 4.69) is 0 Å². The van der Waals surface area contributed by atoms with Crippen LogP contribution in [0.1, 0.15) is 84.7 Å². The van der Waals surface area contributed by atoms with Crippen molar-refractivity contribution in [2.75, 3.05) is 0 Å². The van der Waals surface area contributed by atoms with Crippen LogP contribution in [0.5, 0.6) is 5.75 Å². The lowest BCUT2D eigenvalue weighted by Crippen LogP contribution is -2.41. The van der Waals surface area contributed by atoms with Crippen molar-refractivity contribution in [3.8, 4) is 5.75 Å². The molecule has 0 amide bonds. The fourth-order valence-corrected chi connectivity index (χ4v) is 3.80. The summed E-state index contributed by atoms with van der Waals surface area (Å²) in [4.78, 5) is 25.2. The summed E-state index contributed by atoms with van der Waals surface area (Å²) in [7, 11) is -0.619. The van der Waals surface area contributed by atoms with Crippen LogP contribution in [0.3, 0.4) is 0 Å². The molecule has 1 saturated heterocycles. The average molecular weight is 446 g/mol. The topological polar surface area (TPSA) is 80.3 Å². The van der Waals surface area contributed by atoms with E-state index in [0.717, 1.165) is 5.56 Å². The fourth-order valence-electron chi connectivity index (χ4n) is 3.80. The highest BCUT2D eigenvalue weighted by Gasteiger charge is 2.54. The first-order valence-corrected chi connectivity index (χ1v) is 11.1. The Bertz CT molecular complexity index is 882. The second kappa shape index (κ2) is 8.06. The van der Waals surface area contributed by atoms with Gasteiger partial charge in [-0.05, 0) is 66.5 Å². The molecule has 0 aliphatic carbocycles. The summed E-state index contributed by atoms with van der Waals surface area (Å²) in [6.45, 7) is 16.8. The van der Waals surface area contributed by atoms with E-state index in [0.29, 0.717) is 17.7 Å². The van der Waals surface area contributed by atoms with Crippen LogP contribution in [-0.2, 0) is 30.0 Å². The van der Waals surface area contributed by atoms with Gasteiger partial charge in [-0.3, -0.25) is 4.79 Å². The first-order valence-electron chi connectivity index (χ1n) is 11.1. The van der Waals surface area contributed by atoms with Crippen molar-refractivity contribution >= 4 is 19.1 Å². The van der Waals surface area contributed by atoms with E-state index >= 15 is 0 Å². The van der Waals surface area contributed by atoms with Gasteiger partial charge in [0.05, 0.1) is 11.2 Å². The second-order valence-electron chi connectivity index (χ2n) is 11.1. The van der Waals surface area contributed by atoms with E-state index in [9.17, 15) is 9.59 Å². The molecule has 32 heavy (non-hydrogen) atoms. The van der Waals surface area contributed by atoms with Gasteiger partial charge in [-0.25, -0.2) is 4.79 Å². The molecule has 1 fully saturated rings. The summed E-state index contributed by atoms with van der Waals surface area (Å²) < 4.78 is 29.5. The normalized spacial score (nSPS) is 21.9. The van der Waals surface area contributed by atoms with Gasteiger partial charge < -0.3 is 23.5 Å². The molecule has 2 aliphatic heterocycles. The molecular formula is C24H35BO7. The van der Waals surface area contributed by atoms with Crippen LogP contribution in [0.4, 0.5) is 0 Å². The Labute approximate surface area is 191 Å². The summed E-state index contributed by atoms with van der Waals surface area (Å²) in [5, 5.41) is 0. The van der Waals surface area contributed by atoms with Crippen LogP contribution in [0, 0.1) is 0 Å². The molecule has 0 spiro atoms. The maximum Gasteiger partial charge on any atom is 0.462 e. The standard InChI is InChI=1S/C24H35BO7/c1-21(2,3)28-18(26)14-16(25-31-22(4,5)23(6,7)32-25)13-15-11-10-12-17-19(15)29-24(8,9)30-20(17)27/h10-12,16H,13-14H2,1-9H3. The Hall–Kier alpha value is -2.06. The van der Waals surface area contributed by atoms with Crippen LogP contribution < -0.4 is 4.74 Å². The Morgan fingerprint density at radius 3 is 2.19 bits per heavy atom. The van der Waals surface area contributed by atoms with Crippen molar-refractivity contribution in [3.05, 3.63) is 29.3 Å². The number of ether oxygens (including phenoxy) is 3. The number of carbonyl (C=O) groups is 2. The summed E-state index contributed by atoms with van der Waals surface area (Å²) >= 11 is 0. The van der Waals surface area contributed by atoms with Gasteiger partial charge in [0, 0.05) is 26.1 Å². The monoisotopic (exact) mass is 446 g/mol. The van der Waals surface area contributed by atoms with Crippen LogP contribution in [-0.4, -0.2) is 41.6 Å². The number of hydrogen-bond acceptors (Lipinski definition) is 7. The second-order valence-corrected chi connectivity index (χ2v) is 11.1. The van der Waals surface area contributed by atoms with Crippen molar-refractivity contribution in [1.29, 1.82) is 0 Å². The molecule has 176 valence electrons. The van der Waals surface area contributed by atoms with E-state index in [1.807, 2.05) is 54.5 Å². The van der Waals surface area contributed by atoms with Crippen molar-refractivity contribution in [1.82, 2.24) is 0 Å². The van der Waals surface area contributed by atoms with Gasteiger partial charge in [0.25, 0.3) is 0 Å². The minimum atomic E-state index is -1.08. The number of esters is 2. The van der Waals surface area contributed by atoms with Crippen molar-refractivity contribution in [2.45, 2.75) is 104 Å². The molecular weight excluding hydrogens is 411 g/mol. The van der Waals surface area contributed by atoms with Gasteiger partial charge in [-0.1, -0.05) is 12.1 Å². The lowest BCUT2D eigenvalue weighted by Gasteiger charge is -2.33. The van der Waals surface area contributed by atoms with Crippen molar-refractivity contribution in [3.63, 3.8) is 0 Å². The van der Waals surface area contributed by atoms with Gasteiger partial charge >= 0.3 is 19.1 Å². The molecule has 8 heteroatoms. The molecule has 3 rings (SSSR count). The Kier molecular flexibility index (Phi) is 6.20. The predicted octanol–water partition coefficient (Wildman–Crippen LogP) is 4.71. The average Bonchev–Trinajstić information content (AvgIpc) is 2.80. The van der Waals surface area contributed by atoms with Gasteiger partial charge in [-0.2, -0.15) is 0 Å². The molecule has 1 aromatic carbocycles. The lowest BCUT2D eigenvalue weighted by atomic mass is 9.66. The third-order valence-corrected chi connectivity index (χ3v) is 5.99. The van der Waals surface area contributed by atoms with E-state index in [4.69, 9.17) is 23.5 Å². The summed E-state index contributed by atoms with van der Waals surface area (Å²) in [6, 6.07) is 5.35. The number of hydrogen-bond donors (Lipinski definition) is 0. The van der Waals surface area contributed by atoms with Crippen LogP contribution >= 0.6 is 0 Å². The fraction of sp³-hybridized carbons (Fsp3) is 0.667. The van der Waals surface area contributed by atoms with E-state index < -0.39 is 35.7 Å². The summed E-state index contributed by atoms with van der Waals surface area (Å²) in [5.74, 6) is -1.72. The lowest BCUT2D eigenvalue weighted by molar-refractivity contribution is -0.155. The van der Waals surface area contributed by atoms with Crippen LogP contribution in [0.15, 0.2) is 18.2 Å². The molecule has 0 N–H and O–H groups in total.